The van der Waals surface area contributed by atoms with E-state index < -0.39 is 0 Å². The molecule has 3 rings (SSSR count). The molecular formula is C14H18N4OS. The molecule has 6 heteroatoms. The number of nitrogens with zero attached hydrogens (tertiary/aromatic N) is 3. The average molecular weight is 290 g/mol. The zero-order chi connectivity index (χ0) is 13.8. The topological polar surface area (TPSA) is 49.2 Å². The number of amidine groups is 1. The lowest BCUT2D eigenvalue weighted by molar-refractivity contribution is 0.362. The van der Waals surface area contributed by atoms with Crippen molar-refractivity contribution in [1.82, 2.24) is 10.2 Å². The maximum absolute atomic E-state index is 5.17. The lowest BCUT2D eigenvalue weighted by Crippen LogP contribution is -2.46. The fourth-order valence-electron chi connectivity index (χ4n) is 2.23. The Bertz CT molecular complexity index is 520. The molecule has 0 aliphatic carbocycles. The minimum Gasteiger partial charge on any atom is -0.497 e. The highest BCUT2D eigenvalue weighted by Gasteiger charge is 2.19. The fraction of sp³-hybridized carbons (Fsp3) is 0.429. The maximum atomic E-state index is 5.17. The number of piperazine rings is 1. The SMILES string of the molecule is COc1ccc(C2=NN=C(N3CCNCC3)SC2)cc1. The molecule has 2 heterocycles. The zero-order valence-electron chi connectivity index (χ0n) is 11.5. The molecule has 0 unspecified atom stereocenters. The molecule has 0 saturated carbocycles. The average Bonchev–Trinajstić information content (AvgIpc) is 2.56. The summed E-state index contributed by atoms with van der Waals surface area (Å²) in [5.74, 6) is 1.73. The molecule has 1 saturated heterocycles. The van der Waals surface area contributed by atoms with Crippen molar-refractivity contribution in [3.63, 3.8) is 0 Å². The maximum Gasteiger partial charge on any atom is 0.186 e. The lowest BCUT2D eigenvalue weighted by Gasteiger charge is -2.30. The first kappa shape index (κ1) is 13.5. The number of ether oxygens (including phenoxy) is 1. The molecule has 5 nitrogen and oxygen atoms in total. The van der Waals surface area contributed by atoms with Gasteiger partial charge < -0.3 is 15.0 Å². The summed E-state index contributed by atoms with van der Waals surface area (Å²) in [7, 11) is 1.67. The highest BCUT2D eigenvalue weighted by Crippen LogP contribution is 2.20. The van der Waals surface area contributed by atoms with Crippen LogP contribution in [0.4, 0.5) is 0 Å². The minimum absolute atomic E-state index is 0.864. The third-order valence-corrected chi connectivity index (χ3v) is 4.42. The van der Waals surface area contributed by atoms with Crippen LogP contribution in [-0.4, -0.2) is 54.8 Å². The minimum atomic E-state index is 0.864. The Labute approximate surface area is 123 Å². The van der Waals surface area contributed by atoms with Gasteiger partial charge in [-0.2, -0.15) is 5.10 Å². The van der Waals surface area contributed by atoms with Crippen LogP contribution < -0.4 is 10.1 Å². The largest absolute Gasteiger partial charge is 0.497 e. The van der Waals surface area contributed by atoms with E-state index in [-0.39, 0.29) is 0 Å². The van der Waals surface area contributed by atoms with Gasteiger partial charge >= 0.3 is 0 Å². The van der Waals surface area contributed by atoms with Crippen molar-refractivity contribution in [2.75, 3.05) is 39.0 Å². The van der Waals surface area contributed by atoms with E-state index in [1.54, 1.807) is 18.9 Å². The van der Waals surface area contributed by atoms with Crippen LogP contribution in [0.5, 0.6) is 5.75 Å². The summed E-state index contributed by atoms with van der Waals surface area (Å²) in [5.41, 5.74) is 2.14. The van der Waals surface area contributed by atoms with Gasteiger partial charge in [-0.05, 0) is 29.8 Å². The van der Waals surface area contributed by atoms with E-state index in [0.29, 0.717) is 0 Å². The van der Waals surface area contributed by atoms with Crippen molar-refractivity contribution in [1.29, 1.82) is 0 Å². The van der Waals surface area contributed by atoms with Gasteiger partial charge in [-0.25, -0.2) is 0 Å². The summed E-state index contributed by atoms with van der Waals surface area (Å²) in [6.07, 6.45) is 0. The van der Waals surface area contributed by atoms with E-state index in [1.807, 2.05) is 24.3 Å². The number of hydrogen-bond acceptors (Lipinski definition) is 6. The van der Waals surface area contributed by atoms with Crippen molar-refractivity contribution in [2.24, 2.45) is 10.2 Å². The molecule has 0 amide bonds. The molecule has 1 N–H and O–H groups in total. The standard InChI is InChI=1S/C14H18N4OS/c1-19-12-4-2-11(3-5-12)13-10-20-14(17-16-13)18-8-6-15-7-9-18/h2-5,15H,6-10H2,1H3. The van der Waals surface area contributed by atoms with Crippen LogP contribution in [0.3, 0.4) is 0 Å². The van der Waals surface area contributed by atoms with E-state index in [2.05, 4.69) is 20.4 Å². The van der Waals surface area contributed by atoms with Crippen molar-refractivity contribution in [2.45, 2.75) is 0 Å². The quantitative estimate of drug-likeness (QED) is 0.894. The third-order valence-electron chi connectivity index (χ3n) is 3.41. The molecule has 106 valence electrons. The normalized spacial score (nSPS) is 19.4. The first-order valence-electron chi connectivity index (χ1n) is 6.74. The molecule has 1 aromatic rings. The van der Waals surface area contributed by atoms with Gasteiger partial charge in [-0.15, -0.1) is 5.10 Å². The van der Waals surface area contributed by atoms with Crippen molar-refractivity contribution < 1.29 is 4.74 Å². The Morgan fingerprint density at radius 2 is 1.90 bits per heavy atom. The second kappa shape index (κ2) is 6.28. The Morgan fingerprint density at radius 1 is 1.15 bits per heavy atom. The molecule has 2 aliphatic heterocycles. The second-order valence-electron chi connectivity index (χ2n) is 4.68. The number of thioether (sulfide) groups is 1. The van der Waals surface area contributed by atoms with Gasteiger partial charge in [0.05, 0.1) is 12.8 Å². The predicted molar refractivity (Wildman–Crippen MR) is 83.9 cm³/mol. The Morgan fingerprint density at radius 3 is 2.50 bits per heavy atom. The number of nitrogens with one attached hydrogen (secondary N) is 1. The smallest absolute Gasteiger partial charge is 0.186 e. The second-order valence-corrected chi connectivity index (χ2v) is 5.63. The van der Waals surface area contributed by atoms with Crippen LogP contribution in [0.15, 0.2) is 34.5 Å². The summed E-state index contributed by atoms with van der Waals surface area (Å²) in [6, 6.07) is 7.98. The number of benzene rings is 1. The molecular weight excluding hydrogens is 272 g/mol. The van der Waals surface area contributed by atoms with Crippen molar-refractivity contribution in [3.05, 3.63) is 29.8 Å². The van der Waals surface area contributed by atoms with E-state index in [9.17, 15) is 0 Å². The summed E-state index contributed by atoms with van der Waals surface area (Å²) in [4.78, 5) is 2.30. The van der Waals surface area contributed by atoms with Crippen LogP contribution >= 0.6 is 11.8 Å². The first-order chi connectivity index (χ1) is 9.86. The molecule has 0 aromatic heterocycles. The van der Waals surface area contributed by atoms with Crippen molar-refractivity contribution >= 4 is 22.6 Å². The molecule has 0 radical (unpaired) electrons. The van der Waals surface area contributed by atoms with Crippen molar-refractivity contribution in [3.8, 4) is 5.75 Å². The van der Waals surface area contributed by atoms with E-state index in [4.69, 9.17) is 4.74 Å². The molecule has 1 aromatic carbocycles. The van der Waals surface area contributed by atoms with Crippen LogP contribution in [0.1, 0.15) is 5.56 Å². The molecule has 0 atom stereocenters. The van der Waals surface area contributed by atoms with E-state index >= 15 is 0 Å². The predicted octanol–water partition coefficient (Wildman–Crippen LogP) is 1.41. The summed E-state index contributed by atoms with van der Waals surface area (Å²) in [5, 5.41) is 13.2. The monoisotopic (exact) mass is 290 g/mol. The van der Waals surface area contributed by atoms with Gasteiger partial charge in [0.2, 0.25) is 0 Å². The van der Waals surface area contributed by atoms with Crippen LogP contribution in [0.2, 0.25) is 0 Å². The van der Waals surface area contributed by atoms with Gasteiger partial charge in [0.1, 0.15) is 5.75 Å². The van der Waals surface area contributed by atoms with Gasteiger partial charge in [0.25, 0.3) is 0 Å². The molecule has 0 spiro atoms. The Hall–Kier alpha value is -1.53. The summed E-state index contributed by atoms with van der Waals surface area (Å²) < 4.78 is 5.17. The van der Waals surface area contributed by atoms with Gasteiger partial charge in [0, 0.05) is 31.9 Å². The van der Waals surface area contributed by atoms with E-state index in [1.165, 1.54) is 0 Å². The fourth-order valence-corrected chi connectivity index (χ4v) is 3.18. The zero-order valence-corrected chi connectivity index (χ0v) is 12.3. The number of hydrogen-bond donors (Lipinski definition) is 1. The Kier molecular flexibility index (Phi) is 4.22. The Balaban J connectivity index is 1.72. The molecule has 2 aliphatic rings. The highest BCUT2D eigenvalue weighted by molar-refractivity contribution is 8.14. The summed E-state index contributed by atoms with van der Waals surface area (Å²) in [6.45, 7) is 4.07. The highest BCUT2D eigenvalue weighted by atomic mass is 32.2. The van der Waals surface area contributed by atoms with Gasteiger partial charge in [-0.1, -0.05) is 11.8 Å². The van der Waals surface area contributed by atoms with Crippen LogP contribution in [-0.2, 0) is 0 Å². The van der Waals surface area contributed by atoms with Gasteiger partial charge in [-0.3, -0.25) is 0 Å². The van der Waals surface area contributed by atoms with E-state index in [0.717, 1.165) is 54.1 Å². The van der Waals surface area contributed by atoms with Crippen LogP contribution in [0, 0.1) is 0 Å². The number of methoxy groups -OCH3 is 1. The third kappa shape index (κ3) is 2.96. The summed E-state index contributed by atoms with van der Waals surface area (Å²) >= 11 is 1.77. The van der Waals surface area contributed by atoms with Crippen LogP contribution in [0.25, 0.3) is 0 Å². The first-order valence-corrected chi connectivity index (χ1v) is 7.73. The van der Waals surface area contributed by atoms with Gasteiger partial charge in [0.15, 0.2) is 5.17 Å². The molecule has 0 bridgehead atoms. The number of rotatable bonds is 2. The molecule has 1 fully saturated rings. The molecule has 20 heavy (non-hydrogen) atoms. The lowest BCUT2D eigenvalue weighted by atomic mass is 10.1.